The van der Waals surface area contributed by atoms with E-state index in [1.165, 1.54) is 7.05 Å². The number of methoxy groups -OCH3 is 1. The third-order valence-electron chi connectivity index (χ3n) is 2.20. The zero-order valence-electron chi connectivity index (χ0n) is 10.1. The monoisotopic (exact) mass is 230 g/mol. The summed E-state index contributed by atoms with van der Waals surface area (Å²) in [5.74, 6) is -1.97. The third-order valence-corrected chi connectivity index (χ3v) is 2.20. The Balaban J connectivity index is 4.34. The number of amides is 2. The van der Waals surface area contributed by atoms with Gasteiger partial charge in [-0.05, 0) is 13.8 Å². The van der Waals surface area contributed by atoms with Gasteiger partial charge in [-0.25, -0.2) is 4.79 Å². The molecule has 0 saturated heterocycles. The Morgan fingerprint density at radius 1 is 1.12 bits per heavy atom. The molecule has 0 aromatic heterocycles. The van der Waals surface area contributed by atoms with E-state index in [0.717, 1.165) is 12.0 Å². The number of nitrogens with zero attached hydrogens (tertiary/aromatic N) is 2. The molecule has 0 bridgehead atoms. The molecule has 0 spiro atoms. The number of carbonyl (C=O) groups is 3. The van der Waals surface area contributed by atoms with E-state index in [0.29, 0.717) is 13.1 Å². The number of likely N-dealkylation sites (N-methyl/N-ethyl adjacent to an activating group) is 2. The first-order valence-corrected chi connectivity index (χ1v) is 5.09. The maximum absolute atomic E-state index is 11.6. The molecular formula is C10H18N2O4. The molecule has 6 nitrogen and oxygen atoms in total. The fraction of sp³-hybridized carbons (Fsp3) is 0.700. The lowest BCUT2D eigenvalue weighted by atomic mass is 10.4. The Kier molecular flexibility index (Phi) is 6.14. The second-order valence-electron chi connectivity index (χ2n) is 3.22. The van der Waals surface area contributed by atoms with Crippen LogP contribution in [-0.4, -0.2) is 61.4 Å². The van der Waals surface area contributed by atoms with E-state index in [9.17, 15) is 14.4 Å². The Morgan fingerprint density at radius 3 is 2.00 bits per heavy atom. The summed E-state index contributed by atoms with van der Waals surface area (Å²) in [5.41, 5.74) is 0. The Hall–Kier alpha value is -1.59. The van der Waals surface area contributed by atoms with Gasteiger partial charge < -0.3 is 14.5 Å². The van der Waals surface area contributed by atoms with Gasteiger partial charge in [0.25, 0.3) is 0 Å². The number of rotatable bonds is 4. The fourth-order valence-electron chi connectivity index (χ4n) is 1.19. The van der Waals surface area contributed by atoms with E-state index < -0.39 is 11.9 Å². The number of hydrogen-bond donors (Lipinski definition) is 0. The summed E-state index contributed by atoms with van der Waals surface area (Å²) in [6.07, 6.45) is 0. The molecule has 0 aliphatic carbocycles. The van der Waals surface area contributed by atoms with Crippen LogP contribution in [0.2, 0.25) is 0 Å². The molecule has 0 aliphatic heterocycles. The molecule has 0 fully saturated rings. The molecule has 0 radical (unpaired) electrons. The normalized spacial score (nSPS) is 9.50. The minimum Gasteiger partial charge on any atom is -0.462 e. The van der Waals surface area contributed by atoms with Crippen molar-refractivity contribution in [3.8, 4) is 0 Å². The van der Waals surface area contributed by atoms with Gasteiger partial charge in [-0.15, -0.1) is 0 Å². The summed E-state index contributed by atoms with van der Waals surface area (Å²) < 4.78 is 4.27. The standard InChI is InChI=1S/C10H18N2O4/c1-5-12(6-2)8(13)7-11(3)9(14)10(15)16-4/h5-7H2,1-4H3. The predicted octanol–water partition coefficient (Wildman–Crippen LogP) is -0.514. The molecule has 0 unspecified atom stereocenters. The molecule has 0 aliphatic rings. The van der Waals surface area contributed by atoms with E-state index in [4.69, 9.17) is 0 Å². The summed E-state index contributed by atoms with van der Waals surface area (Å²) in [5, 5.41) is 0. The lowest BCUT2D eigenvalue weighted by molar-refractivity contribution is -0.158. The predicted molar refractivity (Wildman–Crippen MR) is 57.6 cm³/mol. The van der Waals surface area contributed by atoms with Gasteiger partial charge in [0.2, 0.25) is 5.91 Å². The molecule has 0 heterocycles. The largest absolute Gasteiger partial charge is 0.462 e. The lowest BCUT2D eigenvalue weighted by Gasteiger charge is -2.22. The van der Waals surface area contributed by atoms with E-state index in [1.54, 1.807) is 4.90 Å². The van der Waals surface area contributed by atoms with Crippen molar-refractivity contribution in [2.75, 3.05) is 33.8 Å². The number of carbonyl (C=O) groups excluding carboxylic acids is 3. The number of hydrogen-bond acceptors (Lipinski definition) is 4. The second kappa shape index (κ2) is 6.81. The van der Waals surface area contributed by atoms with Crippen LogP contribution in [0.1, 0.15) is 13.8 Å². The molecule has 16 heavy (non-hydrogen) atoms. The van der Waals surface area contributed by atoms with Gasteiger partial charge in [-0.2, -0.15) is 0 Å². The Labute approximate surface area is 95.1 Å². The summed E-state index contributed by atoms with van der Waals surface area (Å²) in [7, 11) is 2.51. The zero-order chi connectivity index (χ0) is 12.7. The fourth-order valence-corrected chi connectivity index (χ4v) is 1.19. The molecule has 92 valence electrons. The highest BCUT2D eigenvalue weighted by molar-refractivity contribution is 6.32. The van der Waals surface area contributed by atoms with Crippen molar-refractivity contribution in [2.24, 2.45) is 0 Å². The van der Waals surface area contributed by atoms with Crippen LogP contribution in [0.5, 0.6) is 0 Å². The molecule has 0 aromatic rings. The van der Waals surface area contributed by atoms with Crippen LogP contribution < -0.4 is 0 Å². The average molecular weight is 230 g/mol. The highest BCUT2D eigenvalue weighted by Crippen LogP contribution is 1.94. The van der Waals surface area contributed by atoms with Gasteiger partial charge in [-0.1, -0.05) is 0 Å². The van der Waals surface area contributed by atoms with Gasteiger partial charge in [0.15, 0.2) is 0 Å². The van der Waals surface area contributed by atoms with Crippen molar-refractivity contribution in [1.29, 1.82) is 0 Å². The van der Waals surface area contributed by atoms with Crippen molar-refractivity contribution < 1.29 is 19.1 Å². The molecule has 0 atom stereocenters. The summed E-state index contributed by atoms with van der Waals surface area (Å²) in [4.78, 5) is 36.4. The van der Waals surface area contributed by atoms with E-state index in [-0.39, 0.29) is 12.5 Å². The highest BCUT2D eigenvalue weighted by Gasteiger charge is 2.22. The minimum atomic E-state index is -0.963. The van der Waals surface area contributed by atoms with Gasteiger partial charge in [0.1, 0.15) is 0 Å². The van der Waals surface area contributed by atoms with Crippen LogP contribution in [0.25, 0.3) is 0 Å². The number of esters is 1. The van der Waals surface area contributed by atoms with Crippen LogP contribution in [0.15, 0.2) is 0 Å². The summed E-state index contributed by atoms with van der Waals surface area (Å²) in [6, 6.07) is 0. The molecule has 0 N–H and O–H groups in total. The van der Waals surface area contributed by atoms with Gasteiger partial charge in [-0.3, -0.25) is 9.59 Å². The topological polar surface area (TPSA) is 66.9 Å². The SMILES string of the molecule is CCN(CC)C(=O)CN(C)C(=O)C(=O)OC. The van der Waals surface area contributed by atoms with E-state index in [1.807, 2.05) is 13.8 Å². The van der Waals surface area contributed by atoms with Crippen LogP contribution in [0, 0.1) is 0 Å². The highest BCUT2D eigenvalue weighted by atomic mass is 16.5. The van der Waals surface area contributed by atoms with E-state index in [2.05, 4.69) is 4.74 Å². The maximum Gasteiger partial charge on any atom is 0.396 e. The van der Waals surface area contributed by atoms with Gasteiger partial charge in [0.05, 0.1) is 13.7 Å². The smallest absolute Gasteiger partial charge is 0.396 e. The first-order chi connectivity index (χ1) is 7.47. The average Bonchev–Trinajstić information content (AvgIpc) is 2.28. The molecule has 6 heteroatoms. The second-order valence-corrected chi connectivity index (χ2v) is 3.22. The minimum absolute atomic E-state index is 0.115. The van der Waals surface area contributed by atoms with Crippen LogP contribution in [0.3, 0.4) is 0 Å². The quantitative estimate of drug-likeness (QED) is 0.482. The Bertz CT molecular complexity index is 274. The number of ether oxygens (including phenoxy) is 1. The van der Waals surface area contributed by atoms with E-state index >= 15 is 0 Å². The summed E-state index contributed by atoms with van der Waals surface area (Å²) in [6.45, 7) is 4.74. The molecular weight excluding hydrogens is 212 g/mol. The molecule has 0 aromatic carbocycles. The molecule has 0 saturated carbocycles. The van der Waals surface area contributed by atoms with Crippen LogP contribution >= 0.6 is 0 Å². The van der Waals surface area contributed by atoms with Crippen molar-refractivity contribution in [1.82, 2.24) is 9.80 Å². The van der Waals surface area contributed by atoms with Gasteiger partial charge >= 0.3 is 11.9 Å². The van der Waals surface area contributed by atoms with Crippen molar-refractivity contribution >= 4 is 17.8 Å². The third kappa shape index (κ3) is 3.88. The lowest BCUT2D eigenvalue weighted by Crippen LogP contribution is -2.43. The molecule has 2 amide bonds. The van der Waals surface area contributed by atoms with Crippen LogP contribution in [-0.2, 0) is 19.1 Å². The van der Waals surface area contributed by atoms with Crippen molar-refractivity contribution in [3.63, 3.8) is 0 Å². The van der Waals surface area contributed by atoms with Crippen molar-refractivity contribution in [3.05, 3.63) is 0 Å². The maximum atomic E-state index is 11.6. The first-order valence-electron chi connectivity index (χ1n) is 5.09. The Morgan fingerprint density at radius 2 is 1.62 bits per heavy atom. The molecule has 0 rings (SSSR count). The summed E-state index contributed by atoms with van der Waals surface area (Å²) >= 11 is 0. The van der Waals surface area contributed by atoms with Crippen LogP contribution in [0.4, 0.5) is 0 Å². The van der Waals surface area contributed by atoms with Crippen molar-refractivity contribution in [2.45, 2.75) is 13.8 Å². The zero-order valence-corrected chi connectivity index (χ0v) is 10.1. The van der Waals surface area contributed by atoms with Gasteiger partial charge in [0, 0.05) is 20.1 Å². The first kappa shape index (κ1) is 14.4.